The summed E-state index contributed by atoms with van der Waals surface area (Å²) in [5.41, 5.74) is 4.27. The number of ether oxygens (including phenoxy) is 2. The highest BCUT2D eigenvalue weighted by Crippen LogP contribution is 2.50. The average molecular weight is 504 g/mol. The van der Waals surface area contributed by atoms with Gasteiger partial charge in [-0.1, -0.05) is 50.2 Å². The molecule has 7 rings (SSSR count). The molecule has 2 aliphatic rings. The third-order valence-electron chi connectivity index (χ3n) is 7.34. The lowest BCUT2D eigenvalue weighted by atomic mass is 9.70. The number of carbonyl (C=O) groups is 1. The molecule has 0 bridgehead atoms. The van der Waals surface area contributed by atoms with E-state index >= 15 is 0 Å². The molecule has 8 heteroatoms. The second-order valence-electron chi connectivity index (χ2n) is 10.6. The summed E-state index contributed by atoms with van der Waals surface area (Å²) < 4.78 is 13.4. The van der Waals surface area contributed by atoms with Crippen LogP contribution in [0.1, 0.15) is 43.7 Å². The standard InChI is InChI=1S/C30H25N5O3/c1-30(2)14-22(36)25-23(15-30)38-29-26(24(25)18-8-11-19(37-3)12-9-18)28-33-27(34-35(28)16-31-29)21-13-10-17-6-4-5-7-20(17)32-21/h4-13,16,24H,14-15H2,1-3H3/t24-/m1/s1. The molecule has 0 saturated heterocycles. The van der Waals surface area contributed by atoms with Gasteiger partial charge in [0.25, 0.3) is 0 Å². The molecule has 1 aliphatic carbocycles. The van der Waals surface area contributed by atoms with E-state index < -0.39 is 0 Å². The fraction of sp³-hybridized carbons (Fsp3) is 0.233. The monoisotopic (exact) mass is 503 g/mol. The van der Waals surface area contributed by atoms with E-state index in [1.807, 2.05) is 60.7 Å². The fourth-order valence-electron chi connectivity index (χ4n) is 5.57. The Hall–Kier alpha value is -4.59. The molecule has 1 aliphatic heterocycles. The molecular formula is C30H25N5O3. The Morgan fingerprint density at radius 2 is 1.82 bits per heavy atom. The van der Waals surface area contributed by atoms with E-state index in [4.69, 9.17) is 24.5 Å². The van der Waals surface area contributed by atoms with Crippen LogP contribution in [0, 0.1) is 5.41 Å². The van der Waals surface area contributed by atoms with Crippen molar-refractivity contribution in [3.8, 4) is 23.1 Å². The lowest BCUT2D eigenvalue weighted by molar-refractivity contribution is -0.118. The van der Waals surface area contributed by atoms with Crippen molar-refractivity contribution in [1.82, 2.24) is 24.6 Å². The topological polar surface area (TPSA) is 91.5 Å². The summed E-state index contributed by atoms with van der Waals surface area (Å²) >= 11 is 0. The molecule has 0 unspecified atom stereocenters. The summed E-state index contributed by atoms with van der Waals surface area (Å²) in [6.45, 7) is 4.18. The van der Waals surface area contributed by atoms with Crippen LogP contribution in [0.25, 0.3) is 28.1 Å². The normalized spacial score (nSPS) is 18.3. The molecule has 8 nitrogen and oxygen atoms in total. The Bertz CT molecular complexity index is 1790. The van der Waals surface area contributed by atoms with Crippen molar-refractivity contribution in [3.63, 3.8) is 0 Å². The van der Waals surface area contributed by atoms with Crippen LogP contribution in [0.3, 0.4) is 0 Å². The molecule has 1 atom stereocenters. The van der Waals surface area contributed by atoms with Gasteiger partial charge in [-0.25, -0.2) is 19.5 Å². The maximum Gasteiger partial charge on any atom is 0.228 e. The SMILES string of the molecule is COc1ccc([C@@H]2C3=C(CC(C)(C)CC3=O)Oc3ncn4nc(-c5ccc6ccccc6n5)nc4c32)cc1. The van der Waals surface area contributed by atoms with E-state index in [0.29, 0.717) is 47.2 Å². The highest BCUT2D eigenvalue weighted by atomic mass is 16.5. The molecular weight excluding hydrogens is 478 g/mol. The van der Waals surface area contributed by atoms with Gasteiger partial charge in [0.15, 0.2) is 11.4 Å². The molecule has 0 radical (unpaired) electrons. The van der Waals surface area contributed by atoms with Crippen molar-refractivity contribution < 1.29 is 14.3 Å². The van der Waals surface area contributed by atoms with Crippen molar-refractivity contribution in [3.05, 3.63) is 89.5 Å². The molecule has 188 valence electrons. The van der Waals surface area contributed by atoms with Crippen LogP contribution in [0.2, 0.25) is 0 Å². The van der Waals surface area contributed by atoms with Crippen LogP contribution >= 0.6 is 0 Å². The number of ketones is 1. The van der Waals surface area contributed by atoms with Gasteiger partial charge in [0.2, 0.25) is 11.7 Å². The smallest absolute Gasteiger partial charge is 0.228 e. The predicted octanol–water partition coefficient (Wildman–Crippen LogP) is 5.52. The van der Waals surface area contributed by atoms with Gasteiger partial charge >= 0.3 is 0 Å². The molecule has 0 N–H and O–H groups in total. The van der Waals surface area contributed by atoms with Crippen molar-refractivity contribution in [2.24, 2.45) is 5.41 Å². The lowest BCUT2D eigenvalue weighted by Crippen LogP contribution is -2.33. The fourth-order valence-corrected chi connectivity index (χ4v) is 5.57. The Kier molecular flexibility index (Phi) is 4.88. The molecule has 38 heavy (non-hydrogen) atoms. The number of fused-ring (bicyclic) bond motifs is 4. The third-order valence-corrected chi connectivity index (χ3v) is 7.34. The molecule has 0 spiro atoms. The van der Waals surface area contributed by atoms with Gasteiger partial charge in [-0.2, -0.15) is 0 Å². The van der Waals surface area contributed by atoms with Crippen LogP contribution in [-0.2, 0) is 4.79 Å². The first-order valence-electron chi connectivity index (χ1n) is 12.6. The largest absolute Gasteiger partial charge is 0.497 e. The van der Waals surface area contributed by atoms with Gasteiger partial charge in [0.1, 0.15) is 23.5 Å². The van der Waals surface area contributed by atoms with Gasteiger partial charge in [-0.15, -0.1) is 5.10 Å². The Labute approximate surface area is 219 Å². The first-order valence-corrected chi connectivity index (χ1v) is 12.6. The van der Waals surface area contributed by atoms with Crippen molar-refractivity contribution in [2.75, 3.05) is 7.11 Å². The number of allylic oxidation sites excluding steroid dienone is 2. The Balaban J connectivity index is 1.44. The molecule has 4 heterocycles. The molecule has 3 aromatic heterocycles. The highest BCUT2D eigenvalue weighted by molar-refractivity contribution is 6.00. The Morgan fingerprint density at radius 1 is 1.00 bits per heavy atom. The van der Waals surface area contributed by atoms with Gasteiger partial charge in [-0.05, 0) is 35.2 Å². The predicted molar refractivity (Wildman–Crippen MR) is 142 cm³/mol. The summed E-state index contributed by atoms with van der Waals surface area (Å²) in [6, 6.07) is 19.7. The lowest BCUT2D eigenvalue weighted by Gasteiger charge is -2.37. The zero-order valence-corrected chi connectivity index (χ0v) is 21.3. The number of nitrogens with zero attached hydrogens (tertiary/aromatic N) is 5. The number of aromatic nitrogens is 5. The zero-order valence-electron chi connectivity index (χ0n) is 21.3. The quantitative estimate of drug-likeness (QED) is 0.320. The molecule has 0 fully saturated rings. The van der Waals surface area contributed by atoms with Gasteiger partial charge in [0, 0.05) is 29.7 Å². The number of methoxy groups -OCH3 is 1. The number of hydrogen-bond donors (Lipinski definition) is 0. The second-order valence-corrected chi connectivity index (χ2v) is 10.6. The van der Waals surface area contributed by atoms with Gasteiger partial charge < -0.3 is 9.47 Å². The van der Waals surface area contributed by atoms with Crippen molar-refractivity contribution in [1.29, 1.82) is 0 Å². The van der Waals surface area contributed by atoms with E-state index in [1.54, 1.807) is 18.0 Å². The summed E-state index contributed by atoms with van der Waals surface area (Å²) in [6.07, 6.45) is 2.72. The maximum absolute atomic E-state index is 13.6. The molecule has 2 aromatic carbocycles. The number of para-hydroxylation sites is 1. The number of pyridine rings is 1. The zero-order chi connectivity index (χ0) is 26.0. The summed E-state index contributed by atoms with van der Waals surface area (Å²) in [5.74, 6) is 2.06. The minimum absolute atomic E-state index is 0.0839. The number of benzene rings is 2. The molecule has 0 amide bonds. The summed E-state index contributed by atoms with van der Waals surface area (Å²) in [5, 5.41) is 5.75. The second kappa shape index (κ2) is 8.21. The first kappa shape index (κ1) is 22.6. The van der Waals surface area contributed by atoms with Crippen LogP contribution in [0.5, 0.6) is 11.6 Å². The highest BCUT2D eigenvalue weighted by Gasteiger charge is 2.44. The minimum atomic E-state index is -0.388. The maximum atomic E-state index is 13.6. The minimum Gasteiger partial charge on any atom is -0.497 e. The number of hydrogen-bond acceptors (Lipinski definition) is 7. The molecule has 0 saturated carbocycles. The first-order chi connectivity index (χ1) is 18.4. The van der Waals surface area contributed by atoms with Crippen LogP contribution < -0.4 is 9.47 Å². The summed E-state index contributed by atoms with van der Waals surface area (Å²) in [4.78, 5) is 27.9. The van der Waals surface area contributed by atoms with E-state index in [-0.39, 0.29) is 17.1 Å². The van der Waals surface area contributed by atoms with Crippen molar-refractivity contribution >= 4 is 22.3 Å². The third kappa shape index (κ3) is 3.55. The van der Waals surface area contributed by atoms with Crippen LogP contribution in [-0.4, -0.2) is 37.5 Å². The van der Waals surface area contributed by atoms with E-state index in [1.165, 1.54) is 0 Å². The molecule has 5 aromatic rings. The number of carbonyl (C=O) groups excluding carboxylic acids is 1. The van der Waals surface area contributed by atoms with Gasteiger partial charge in [-0.3, -0.25) is 4.79 Å². The van der Waals surface area contributed by atoms with Crippen LogP contribution in [0.4, 0.5) is 0 Å². The van der Waals surface area contributed by atoms with Crippen LogP contribution in [0.15, 0.2) is 78.3 Å². The summed E-state index contributed by atoms with van der Waals surface area (Å²) in [7, 11) is 1.64. The van der Waals surface area contributed by atoms with Crippen molar-refractivity contribution in [2.45, 2.75) is 32.6 Å². The van der Waals surface area contributed by atoms with E-state index in [0.717, 1.165) is 27.8 Å². The van der Waals surface area contributed by atoms with E-state index in [2.05, 4.69) is 18.8 Å². The Morgan fingerprint density at radius 3 is 2.63 bits per heavy atom. The van der Waals surface area contributed by atoms with E-state index in [9.17, 15) is 4.79 Å². The number of rotatable bonds is 3. The van der Waals surface area contributed by atoms with Gasteiger partial charge in [0.05, 0.1) is 18.2 Å². The number of Topliss-reactive ketones (excluding diaryl/α,β-unsaturated/α-hetero) is 1. The average Bonchev–Trinajstić information content (AvgIpc) is 3.36.